The lowest BCUT2D eigenvalue weighted by Crippen LogP contribution is -2.60. The van der Waals surface area contributed by atoms with Gasteiger partial charge in [0.25, 0.3) is 0 Å². The standard InChI is InChI=1S/C37H67NO12/c1-14-26-37(10,44)31(40)21(4)29(39)19(2)17-35(8,43)33(50-27-16-25(38(11)12)15-20(3)46-27)22(5)30(23(6)34(42)48-26)49-28-18-36(9,45-13)32(41)24(7)47-28/h19-28,30-33,40-41,43-44H,14-18H2,1-13H3/t19-,20-,21+,22+,23-,24+,25+,26-,27+,28+,30+,31-,32+,33-,35-,36-,37-/m1/s1. The lowest BCUT2D eigenvalue weighted by molar-refractivity contribution is -0.308. The molecular weight excluding hydrogens is 650 g/mol. The first-order valence-corrected chi connectivity index (χ1v) is 18.4. The second-order valence-corrected chi connectivity index (χ2v) is 16.4. The molecule has 3 fully saturated rings. The number of ketones is 1. The third-order valence-electron chi connectivity index (χ3n) is 11.7. The number of hydrogen-bond donors (Lipinski definition) is 4. The van der Waals surface area contributed by atoms with Crippen LogP contribution in [0.4, 0.5) is 0 Å². The summed E-state index contributed by atoms with van der Waals surface area (Å²) in [5.74, 6) is -4.57. The molecule has 0 aromatic heterocycles. The van der Waals surface area contributed by atoms with Crippen molar-refractivity contribution in [1.29, 1.82) is 0 Å². The quantitative estimate of drug-likeness (QED) is 0.284. The molecule has 0 saturated carbocycles. The number of methoxy groups -OCH3 is 1. The number of carbonyl (C=O) groups excluding carboxylic acids is 2. The molecule has 13 nitrogen and oxygen atoms in total. The van der Waals surface area contributed by atoms with E-state index in [0.29, 0.717) is 6.42 Å². The summed E-state index contributed by atoms with van der Waals surface area (Å²) in [7, 11) is 5.50. The van der Waals surface area contributed by atoms with Crippen LogP contribution in [0.15, 0.2) is 0 Å². The largest absolute Gasteiger partial charge is 0.459 e. The fourth-order valence-corrected chi connectivity index (χ4v) is 8.36. The summed E-state index contributed by atoms with van der Waals surface area (Å²) in [4.78, 5) is 30.0. The minimum atomic E-state index is -1.96. The number of carbonyl (C=O) groups is 2. The van der Waals surface area contributed by atoms with Gasteiger partial charge in [0.05, 0.1) is 47.6 Å². The maximum Gasteiger partial charge on any atom is 0.311 e. The molecule has 0 unspecified atom stereocenters. The Kier molecular flexibility index (Phi) is 14.5. The molecule has 0 spiro atoms. The highest BCUT2D eigenvalue weighted by Gasteiger charge is 2.52. The number of aliphatic hydroxyl groups excluding tert-OH is 2. The molecule has 3 saturated heterocycles. The molecule has 0 amide bonds. The fraction of sp³-hybridized carbons (Fsp3) is 0.946. The Balaban J connectivity index is 2.15. The average molecular weight is 718 g/mol. The van der Waals surface area contributed by atoms with Gasteiger partial charge in [-0.1, -0.05) is 27.7 Å². The highest BCUT2D eigenvalue weighted by molar-refractivity contribution is 5.83. The summed E-state index contributed by atoms with van der Waals surface area (Å²) in [6.45, 7) is 16.8. The van der Waals surface area contributed by atoms with Gasteiger partial charge < -0.3 is 53.7 Å². The van der Waals surface area contributed by atoms with Crippen LogP contribution in [0.1, 0.15) is 101 Å². The molecule has 3 rings (SSSR count). The third kappa shape index (κ3) is 9.45. The van der Waals surface area contributed by atoms with Crippen molar-refractivity contribution in [3.8, 4) is 0 Å². The zero-order valence-corrected chi connectivity index (χ0v) is 32.6. The molecule has 3 heterocycles. The topological polar surface area (TPSA) is 174 Å². The van der Waals surface area contributed by atoms with Crippen molar-refractivity contribution in [1.82, 2.24) is 4.90 Å². The average Bonchev–Trinajstić information content (AvgIpc) is 3.04. The van der Waals surface area contributed by atoms with Gasteiger partial charge in [0.2, 0.25) is 0 Å². The molecule has 50 heavy (non-hydrogen) atoms. The van der Waals surface area contributed by atoms with E-state index in [1.165, 1.54) is 21.0 Å². The number of hydrogen-bond acceptors (Lipinski definition) is 13. The van der Waals surface area contributed by atoms with Gasteiger partial charge in [0.1, 0.15) is 23.6 Å². The number of Topliss-reactive ketones (excluding diaryl/α,β-unsaturated/α-hetero) is 1. The van der Waals surface area contributed by atoms with Crippen molar-refractivity contribution in [3.63, 3.8) is 0 Å². The van der Waals surface area contributed by atoms with Crippen LogP contribution in [0, 0.1) is 23.7 Å². The van der Waals surface area contributed by atoms with Crippen LogP contribution in [0.2, 0.25) is 0 Å². The van der Waals surface area contributed by atoms with Gasteiger partial charge in [-0.05, 0) is 74.9 Å². The minimum absolute atomic E-state index is 0.0485. The Bertz CT molecular complexity index is 1130. The summed E-state index contributed by atoms with van der Waals surface area (Å²) >= 11 is 0. The zero-order chi connectivity index (χ0) is 38.1. The maximum atomic E-state index is 14.1. The molecule has 4 N–H and O–H groups in total. The van der Waals surface area contributed by atoms with E-state index in [0.717, 1.165) is 6.42 Å². The minimum Gasteiger partial charge on any atom is -0.459 e. The van der Waals surface area contributed by atoms with Gasteiger partial charge in [-0.25, -0.2) is 0 Å². The van der Waals surface area contributed by atoms with Crippen molar-refractivity contribution >= 4 is 11.8 Å². The highest BCUT2D eigenvalue weighted by Crippen LogP contribution is 2.40. The summed E-state index contributed by atoms with van der Waals surface area (Å²) in [5.41, 5.74) is -4.64. The predicted molar refractivity (Wildman–Crippen MR) is 185 cm³/mol. The SMILES string of the molecule is CC[C@H]1OC(=O)[C@H](C)[C@@H](O[C@H]2C[C@@](C)(OC)[C@@H](O)[C@H](C)O2)[C@H](C)[C@@H](O[C@H]2C[C@@H](N(C)C)C[C@@H](C)O2)[C@](C)(O)C[C@@H](C)C(=O)[C@H](C)[C@@H](O)[C@]1(C)O. The van der Waals surface area contributed by atoms with Crippen molar-refractivity contribution < 1.29 is 58.4 Å². The fourth-order valence-electron chi connectivity index (χ4n) is 8.36. The molecule has 3 aliphatic heterocycles. The molecule has 13 heteroatoms. The zero-order valence-electron chi connectivity index (χ0n) is 32.6. The summed E-state index contributed by atoms with van der Waals surface area (Å²) in [6.07, 6.45) is -6.53. The molecule has 292 valence electrons. The van der Waals surface area contributed by atoms with E-state index in [1.807, 2.05) is 27.9 Å². The van der Waals surface area contributed by atoms with E-state index >= 15 is 0 Å². The van der Waals surface area contributed by atoms with Gasteiger partial charge in [0, 0.05) is 43.7 Å². The Morgan fingerprint density at radius 1 is 0.860 bits per heavy atom. The maximum absolute atomic E-state index is 14.1. The Labute approximate surface area is 299 Å². The van der Waals surface area contributed by atoms with Gasteiger partial charge >= 0.3 is 5.97 Å². The first-order chi connectivity index (χ1) is 23.0. The molecule has 0 bridgehead atoms. The van der Waals surface area contributed by atoms with Gasteiger partial charge in [-0.3, -0.25) is 9.59 Å². The van der Waals surface area contributed by atoms with Gasteiger partial charge in [0.15, 0.2) is 12.6 Å². The highest BCUT2D eigenvalue weighted by atomic mass is 16.7. The number of esters is 1. The van der Waals surface area contributed by atoms with E-state index < -0.39 is 95.6 Å². The first kappa shape index (κ1) is 43.1. The number of ether oxygens (including phenoxy) is 6. The number of cyclic esters (lactones) is 1. The third-order valence-corrected chi connectivity index (χ3v) is 11.7. The van der Waals surface area contributed by atoms with Crippen molar-refractivity contribution in [2.45, 2.75) is 179 Å². The van der Waals surface area contributed by atoms with Gasteiger partial charge in [-0.2, -0.15) is 0 Å². The number of nitrogens with zero attached hydrogens (tertiary/aromatic N) is 1. The van der Waals surface area contributed by atoms with E-state index in [1.54, 1.807) is 41.5 Å². The summed E-state index contributed by atoms with van der Waals surface area (Å²) in [6, 6.07) is 0.153. The monoisotopic (exact) mass is 717 g/mol. The van der Waals surface area contributed by atoms with E-state index in [9.17, 15) is 30.0 Å². The van der Waals surface area contributed by atoms with Crippen molar-refractivity contribution in [2.75, 3.05) is 21.2 Å². The molecule has 0 aliphatic carbocycles. The number of rotatable bonds is 7. The molecule has 0 aromatic rings. The summed E-state index contributed by atoms with van der Waals surface area (Å²) in [5, 5.41) is 46.1. The Morgan fingerprint density at radius 3 is 2.04 bits per heavy atom. The van der Waals surface area contributed by atoms with Gasteiger partial charge in [-0.15, -0.1) is 0 Å². The van der Waals surface area contributed by atoms with Crippen LogP contribution < -0.4 is 0 Å². The van der Waals surface area contributed by atoms with Crippen LogP contribution in [-0.2, 0) is 38.0 Å². The molecule has 0 aromatic carbocycles. The smallest absolute Gasteiger partial charge is 0.311 e. The van der Waals surface area contributed by atoms with Crippen LogP contribution in [0.3, 0.4) is 0 Å². The molecule has 3 aliphatic rings. The Hall–Kier alpha value is -1.26. The van der Waals surface area contributed by atoms with Crippen molar-refractivity contribution in [3.05, 3.63) is 0 Å². The molecule has 17 atom stereocenters. The van der Waals surface area contributed by atoms with Crippen molar-refractivity contribution in [2.24, 2.45) is 23.7 Å². The lowest BCUT2D eigenvalue weighted by atomic mass is 9.74. The van der Waals surface area contributed by atoms with Crippen LogP contribution in [0.25, 0.3) is 0 Å². The van der Waals surface area contributed by atoms with Crippen LogP contribution in [-0.4, -0.2) is 136 Å². The summed E-state index contributed by atoms with van der Waals surface area (Å²) < 4.78 is 37.4. The second-order valence-electron chi connectivity index (χ2n) is 16.4. The lowest BCUT2D eigenvalue weighted by Gasteiger charge is -2.48. The van der Waals surface area contributed by atoms with E-state index in [-0.39, 0.29) is 37.2 Å². The van der Waals surface area contributed by atoms with Crippen LogP contribution in [0.5, 0.6) is 0 Å². The van der Waals surface area contributed by atoms with E-state index in [2.05, 4.69) is 4.90 Å². The first-order valence-electron chi connectivity index (χ1n) is 18.4. The predicted octanol–water partition coefficient (Wildman–Crippen LogP) is 2.81. The molecular formula is C37H67NO12. The Morgan fingerprint density at radius 2 is 1.48 bits per heavy atom. The second kappa shape index (κ2) is 16.8. The number of aliphatic hydroxyl groups is 4. The van der Waals surface area contributed by atoms with E-state index in [4.69, 9.17) is 28.4 Å². The van der Waals surface area contributed by atoms with Crippen LogP contribution >= 0.6 is 0 Å². The normalized spacial score (nSPS) is 49.0. The molecule has 0 radical (unpaired) electrons.